The lowest BCUT2D eigenvalue weighted by Crippen LogP contribution is -2.34. The molecule has 0 bridgehead atoms. The quantitative estimate of drug-likeness (QED) is 0.707. The fourth-order valence-electron chi connectivity index (χ4n) is 3.78. The number of cyclic esters (lactones) is 1. The molecule has 0 aromatic heterocycles. The molecule has 4 rings (SSSR count). The lowest BCUT2D eigenvalue weighted by atomic mass is 9.93. The van der Waals surface area contributed by atoms with E-state index >= 15 is 0 Å². The third-order valence-electron chi connectivity index (χ3n) is 5.65. The maximum absolute atomic E-state index is 14.7. The summed E-state index contributed by atoms with van der Waals surface area (Å²) in [5, 5.41) is 3.16. The Balaban J connectivity index is 1.39. The fourth-order valence-corrected chi connectivity index (χ4v) is 5.63. The van der Waals surface area contributed by atoms with E-state index in [1.54, 1.807) is 12.1 Å². The summed E-state index contributed by atoms with van der Waals surface area (Å²) in [6.07, 6.45) is 2.54. The number of nitrogens with zero attached hydrogens (tertiary/aromatic N) is 1. The zero-order valence-electron chi connectivity index (χ0n) is 15.5. The molecular weight excluding hydrogens is 401 g/mol. The first-order valence-corrected chi connectivity index (χ1v) is 11.9. The van der Waals surface area contributed by atoms with Gasteiger partial charge in [0.2, 0.25) is 0 Å². The van der Waals surface area contributed by atoms with E-state index < -0.39 is 15.8 Å². The molecular formula is C19H24FN3O3S2. The Hall–Kier alpha value is -1.74. The van der Waals surface area contributed by atoms with Crippen molar-refractivity contribution in [2.45, 2.75) is 37.7 Å². The van der Waals surface area contributed by atoms with E-state index in [0.29, 0.717) is 54.6 Å². The Morgan fingerprint density at radius 3 is 2.68 bits per heavy atom. The van der Waals surface area contributed by atoms with Gasteiger partial charge in [-0.05, 0) is 49.3 Å². The Labute approximate surface area is 169 Å². The average molecular weight is 426 g/mol. The Morgan fingerprint density at radius 2 is 2.04 bits per heavy atom. The highest BCUT2D eigenvalue weighted by molar-refractivity contribution is 7.92. The lowest BCUT2D eigenvalue weighted by molar-refractivity contribution is 0.143. The van der Waals surface area contributed by atoms with Crippen LogP contribution in [0.5, 0.6) is 0 Å². The highest BCUT2D eigenvalue weighted by Gasteiger charge is 2.34. The molecule has 1 saturated carbocycles. The minimum absolute atomic E-state index is 0.0279. The van der Waals surface area contributed by atoms with Gasteiger partial charge in [-0.3, -0.25) is 9.68 Å². The highest BCUT2D eigenvalue weighted by Crippen LogP contribution is 2.33. The SMILES string of the molecule is N=S1(=O)CCC(c2ccc(N3C[C@H](CNC(=S)C4CC4)OC3=O)cc2F)CC1. The number of amides is 1. The molecule has 0 unspecified atom stereocenters. The maximum Gasteiger partial charge on any atom is 0.414 e. The van der Waals surface area contributed by atoms with Crippen molar-refractivity contribution in [2.24, 2.45) is 5.92 Å². The van der Waals surface area contributed by atoms with Gasteiger partial charge in [0, 0.05) is 27.2 Å². The molecule has 3 aliphatic rings. The monoisotopic (exact) mass is 425 g/mol. The van der Waals surface area contributed by atoms with Gasteiger partial charge in [0.15, 0.2) is 0 Å². The minimum atomic E-state index is -2.49. The lowest BCUT2D eigenvalue weighted by Gasteiger charge is -2.25. The molecule has 3 fully saturated rings. The summed E-state index contributed by atoms with van der Waals surface area (Å²) in [6, 6.07) is 4.80. The number of carbonyl (C=O) groups is 1. The van der Waals surface area contributed by atoms with E-state index in [-0.39, 0.29) is 17.8 Å². The van der Waals surface area contributed by atoms with Gasteiger partial charge < -0.3 is 10.1 Å². The molecule has 28 heavy (non-hydrogen) atoms. The van der Waals surface area contributed by atoms with Gasteiger partial charge in [0.05, 0.1) is 23.8 Å². The first-order valence-electron chi connectivity index (χ1n) is 9.62. The summed E-state index contributed by atoms with van der Waals surface area (Å²) in [7, 11) is -2.49. The number of benzene rings is 1. The van der Waals surface area contributed by atoms with Crippen molar-refractivity contribution in [1.29, 1.82) is 4.78 Å². The maximum atomic E-state index is 14.7. The topological polar surface area (TPSA) is 82.5 Å². The second kappa shape index (κ2) is 7.59. The summed E-state index contributed by atoms with van der Waals surface area (Å²) in [6.45, 7) is 0.814. The van der Waals surface area contributed by atoms with E-state index in [4.69, 9.17) is 21.7 Å². The summed E-state index contributed by atoms with van der Waals surface area (Å²) < 4.78 is 39.6. The predicted octanol–water partition coefficient (Wildman–Crippen LogP) is 3.40. The van der Waals surface area contributed by atoms with Crippen molar-refractivity contribution in [3.05, 3.63) is 29.6 Å². The smallest absolute Gasteiger partial charge is 0.414 e. The molecule has 2 N–H and O–H groups in total. The van der Waals surface area contributed by atoms with Crippen LogP contribution in [-0.4, -0.2) is 46.0 Å². The van der Waals surface area contributed by atoms with Gasteiger partial charge in [-0.25, -0.2) is 13.4 Å². The second-order valence-corrected chi connectivity index (χ2v) is 10.7. The number of thiocarbonyl (C=S) groups is 1. The van der Waals surface area contributed by atoms with Crippen molar-refractivity contribution in [2.75, 3.05) is 29.5 Å². The van der Waals surface area contributed by atoms with E-state index in [9.17, 15) is 13.4 Å². The number of anilines is 1. The van der Waals surface area contributed by atoms with Crippen LogP contribution < -0.4 is 10.2 Å². The molecule has 152 valence electrons. The summed E-state index contributed by atoms with van der Waals surface area (Å²) >= 11 is 5.29. The van der Waals surface area contributed by atoms with Crippen LogP contribution in [0, 0.1) is 16.5 Å². The molecule has 2 heterocycles. The van der Waals surface area contributed by atoms with Crippen LogP contribution in [0.4, 0.5) is 14.9 Å². The van der Waals surface area contributed by atoms with Crippen LogP contribution in [-0.2, 0) is 14.5 Å². The Bertz CT molecular complexity index is 888. The number of ether oxygens (including phenoxy) is 1. The minimum Gasteiger partial charge on any atom is -0.442 e. The molecule has 1 aromatic rings. The third kappa shape index (κ3) is 4.30. The number of nitrogens with one attached hydrogen (secondary N) is 2. The molecule has 1 amide bonds. The van der Waals surface area contributed by atoms with Gasteiger partial charge in [-0.1, -0.05) is 18.3 Å². The number of halogens is 1. The molecule has 1 aromatic carbocycles. The van der Waals surface area contributed by atoms with Crippen LogP contribution in [0.3, 0.4) is 0 Å². The van der Waals surface area contributed by atoms with Gasteiger partial charge in [-0.2, -0.15) is 0 Å². The highest BCUT2D eigenvalue weighted by atomic mass is 32.2. The molecule has 0 spiro atoms. The zero-order valence-corrected chi connectivity index (χ0v) is 17.1. The first-order chi connectivity index (χ1) is 13.3. The first kappa shape index (κ1) is 19.6. The van der Waals surface area contributed by atoms with E-state index in [2.05, 4.69) is 5.32 Å². The van der Waals surface area contributed by atoms with E-state index in [1.165, 1.54) is 11.0 Å². The van der Waals surface area contributed by atoms with Crippen LogP contribution in [0.2, 0.25) is 0 Å². The molecule has 1 aliphatic carbocycles. The molecule has 2 saturated heterocycles. The van der Waals surface area contributed by atoms with E-state index in [1.807, 2.05) is 0 Å². The van der Waals surface area contributed by atoms with Crippen molar-refractivity contribution in [3.8, 4) is 0 Å². The molecule has 0 radical (unpaired) electrons. The molecule has 1 atom stereocenters. The Morgan fingerprint density at radius 1 is 1.32 bits per heavy atom. The predicted molar refractivity (Wildman–Crippen MR) is 110 cm³/mol. The van der Waals surface area contributed by atoms with E-state index in [0.717, 1.165) is 17.8 Å². The number of hydrogen-bond donors (Lipinski definition) is 2. The van der Waals surface area contributed by atoms with Gasteiger partial charge in [0.25, 0.3) is 0 Å². The van der Waals surface area contributed by atoms with Crippen LogP contribution in [0.25, 0.3) is 0 Å². The Kier molecular flexibility index (Phi) is 5.30. The second-order valence-electron chi connectivity index (χ2n) is 7.84. The molecule has 6 nitrogen and oxygen atoms in total. The molecule has 9 heteroatoms. The summed E-state index contributed by atoms with van der Waals surface area (Å²) in [5.41, 5.74) is 1.04. The van der Waals surface area contributed by atoms with Gasteiger partial charge in [-0.15, -0.1) is 0 Å². The number of rotatable bonds is 5. The zero-order chi connectivity index (χ0) is 19.9. The van der Waals surface area contributed by atoms with Gasteiger partial charge >= 0.3 is 6.09 Å². The largest absolute Gasteiger partial charge is 0.442 e. The standard InChI is InChI=1S/C19H24FN3O3S2/c20-17-9-14(3-4-16(17)12-5-7-28(21,25)8-6-12)23-11-15(26-19(23)24)10-22-18(27)13-1-2-13/h3-4,9,12-13,15,21H,1-2,5-8,10-11H2,(H,22,27)/t12?,15-,28?/m0/s1. The van der Waals surface area contributed by atoms with Crippen LogP contribution in [0.15, 0.2) is 18.2 Å². The number of hydrogen-bond acceptors (Lipinski definition) is 5. The van der Waals surface area contributed by atoms with Crippen molar-refractivity contribution < 1.29 is 18.1 Å². The van der Waals surface area contributed by atoms with Crippen molar-refractivity contribution in [1.82, 2.24) is 5.32 Å². The number of carbonyl (C=O) groups excluding carboxylic acids is 1. The average Bonchev–Trinajstić information content (AvgIpc) is 3.43. The van der Waals surface area contributed by atoms with Crippen LogP contribution >= 0.6 is 12.2 Å². The summed E-state index contributed by atoms with van der Waals surface area (Å²) in [5.74, 6) is 0.696. The van der Waals surface area contributed by atoms with Gasteiger partial charge in [0.1, 0.15) is 11.9 Å². The third-order valence-corrected chi connectivity index (χ3v) is 7.92. The molecule has 2 aliphatic heterocycles. The summed E-state index contributed by atoms with van der Waals surface area (Å²) in [4.78, 5) is 14.5. The van der Waals surface area contributed by atoms with Crippen molar-refractivity contribution in [3.63, 3.8) is 0 Å². The van der Waals surface area contributed by atoms with Crippen molar-refractivity contribution >= 4 is 38.7 Å². The fraction of sp³-hybridized carbons (Fsp3) is 0.579. The van der Waals surface area contributed by atoms with Crippen LogP contribution in [0.1, 0.15) is 37.2 Å². The normalized spacial score (nSPS) is 30.2.